The molecule has 0 radical (unpaired) electrons. The lowest BCUT2D eigenvalue weighted by Gasteiger charge is -2.16. The lowest BCUT2D eigenvalue weighted by atomic mass is 10.0. The van der Waals surface area contributed by atoms with E-state index in [0.717, 1.165) is 12.1 Å². The van der Waals surface area contributed by atoms with Crippen molar-refractivity contribution in [1.29, 1.82) is 0 Å². The molecule has 0 saturated heterocycles. The maximum atomic E-state index is 13.4. The minimum Gasteiger partial charge on any atom is -0.323 e. The van der Waals surface area contributed by atoms with Crippen molar-refractivity contribution in [2.75, 3.05) is 0 Å². The predicted octanol–water partition coefficient (Wildman–Crippen LogP) is 3.68. The highest BCUT2D eigenvalue weighted by Gasteiger charge is 2.33. The molecular formula is C9H7BrF5N. The average Bonchev–Trinajstić information content (AvgIpc) is 2.09. The molecule has 16 heavy (non-hydrogen) atoms. The molecule has 0 aliphatic rings. The van der Waals surface area contributed by atoms with Gasteiger partial charge in [0.1, 0.15) is 11.6 Å². The predicted molar refractivity (Wildman–Crippen MR) is 51.7 cm³/mol. The van der Waals surface area contributed by atoms with Crippen molar-refractivity contribution in [2.24, 2.45) is 5.73 Å². The monoisotopic (exact) mass is 303 g/mol. The molecule has 7 heteroatoms. The van der Waals surface area contributed by atoms with Gasteiger partial charge in [0.15, 0.2) is 0 Å². The van der Waals surface area contributed by atoms with Gasteiger partial charge in [-0.3, -0.25) is 0 Å². The second-order valence-corrected chi connectivity index (χ2v) is 4.04. The quantitative estimate of drug-likeness (QED) is 0.654. The van der Waals surface area contributed by atoms with E-state index < -0.39 is 35.8 Å². The fourth-order valence-electron chi connectivity index (χ4n) is 1.23. The molecule has 0 unspecified atom stereocenters. The van der Waals surface area contributed by atoms with Crippen LogP contribution in [0.4, 0.5) is 22.0 Å². The van der Waals surface area contributed by atoms with Crippen LogP contribution in [0.5, 0.6) is 0 Å². The van der Waals surface area contributed by atoms with Crippen LogP contribution < -0.4 is 5.73 Å². The minimum atomic E-state index is -4.57. The third-order valence-corrected chi connectivity index (χ3v) is 2.51. The first-order valence-corrected chi connectivity index (χ1v) is 4.97. The Kier molecular flexibility index (Phi) is 3.90. The summed E-state index contributed by atoms with van der Waals surface area (Å²) in [5.41, 5.74) is 4.37. The van der Waals surface area contributed by atoms with Crippen molar-refractivity contribution in [3.05, 3.63) is 33.8 Å². The molecule has 1 nitrogen and oxygen atoms in total. The zero-order valence-electron chi connectivity index (χ0n) is 7.78. The molecule has 0 spiro atoms. The number of benzene rings is 1. The molecule has 0 aromatic heterocycles. The van der Waals surface area contributed by atoms with Crippen LogP contribution in [0.1, 0.15) is 18.0 Å². The topological polar surface area (TPSA) is 26.0 Å². The van der Waals surface area contributed by atoms with Gasteiger partial charge in [-0.05, 0) is 28.1 Å². The van der Waals surface area contributed by atoms with E-state index in [0.29, 0.717) is 0 Å². The van der Waals surface area contributed by atoms with E-state index >= 15 is 0 Å². The van der Waals surface area contributed by atoms with E-state index in [1.54, 1.807) is 0 Å². The van der Waals surface area contributed by atoms with E-state index in [1.807, 2.05) is 0 Å². The van der Waals surface area contributed by atoms with Gasteiger partial charge >= 0.3 is 6.18 Å². The molecule has 0 saturated carbocycles. The van der Waals surface area contributed by atoms with Crippen LogP contribution >= 0.6 is 15.9 Å². The van der Waals surface area contributed by atoms with Crippen molar-refractivity contribution in [3.63, 3.8) is 0 Å². The summed E-state index contributed by atoms with van der Waals surface area (Å²) in [6.45, 7) is 0. The van der Waals surface area contributed by atoms with Gasteiger partial charge in [0.05, 0.1) is 10.9 Å². The van der Waals surface area contributed by atoms with Gasteiger partial charge in [0, 0.05) is 11.6 Å². The van der Waals surface area contributed by atoms with Crippen LogP contribution in [-0.4, -0.2) is 6.18 Å². The molecular weight excluding hydrogens is 297 g/mol. The number of halogens is 6. The van der Waals surface area contributed by atoms with Gasteiger partial charge in [-0.2, -0.15) is 13.2 Å². The van der Waals surface area contributed by atoms with Gasteiger partial charge < -0.3 is 5.73 Å². The zero-order chi connectivity index (χ0) is 12.5. The van der Waals surface area contributed by atoms with Crippen LogP contribution in [-0.2, 0) is 0 Å². The van der Waals surface area contributed by atoms with Crippen molar-refractivity contribution in [2.45, 2.75) is 18.6 Å². The molecule has 1 atom stereocenters. The smallest absolute Gasteiger partial charge is 0.323 e. The largest absolute Gasteiger partial charge is 0.390 e. The first-order chi connectivity index (χ1) is 7.22. The standard InChI is InChI=1S/C9H7BrF5N/c10-4-1-2-5(11)7(8(4)12)6(16)3-9(13,14)15/h1-2,6H,3,16H2/t6-/m1/s1. The molecule has 1 rings (SSSR count). The van der Waals surface area contributed by atoms with Crippen LogP contribution in [0.25, 0.3) is 0 Å². The molecule has 1 aromatic carbocycles. The van der Waals surface area contributed by atoms with E-state index in [1.165, 1.54) is 0 Å². The average molecular weight is 304 g/mol. The van der Waals surface area contributed by atoms with Crippen LogP contribution in [0.2, 0.25) is 0 Å². The molecule has 0 heterocycles. The third kappa shape index (κ3) is 3.15. The zero-order valence-corrected chi connectivity index (χ0v) is 9.37. The van der Waals surface area contributed by atoms with Crippen molar-refractivity contribution in [3.8, 4) is 0 Å². The lowest BCUT2D eigenvalue weighted by molar-refractivity contribution is -0.138. The Morgan fingerprint density at radius 2 is 1.81 bits per heavy atom. The van der Waals surface area contributed by atoms with E-state index in [9.17, 15) is 22.0 Å². The molecule has 0 aliphatic heterocycles. The molecule has 2 N–H and O–H groups in total. The lowest BCUT2D eigenvalue weighted by Crippen LogP contribution is -2.22. The fraction of sp³-hybridized carbons (Fsp3) is 0.333. The second-order valence-electron chi connectivity index (χ2n) is 3.18. The normalized spacial score (nSPS) is 13.9. The van der Waals surface area contributed by atoms with Crippen molar-refractivity contribution in [1.82, 2.24) is 0 Å². The summed E-state index contributed by atoms with van der Waals surface area (Å²) in [5.74, 6) is -2.19. The Bertz CT molecular complexity index is 390. The summed E-state index contributed by atoms with van der Waals surface area (Å²) in [5, 5.41) is 0. The maximum absolute atomic E-state index is 13.4. The number of hydrogen-bond donors (Lipinski definition) is 1. The summed E-state index contributed by atoms with van der Waals surface area (Å²) >= 11 is 2.75. The van der Waals surface area contributed by atoms with E-state index in [-0.39, 0.29) is 4.47 Å². The van der Waals surface area contributed by atoms with Crippen LogP contribution in [0, 0.1) is 11.6 Å². The second kappa shape index (κ2) is 4.67. The SMILES string of the molecule is N[C@H](CC(F)(F)F)c1c(F)ccc(Br)c1F. The summed E-state index contributed by atoms with van der Waals surface area (Å²) in [7, 11) is 0. The van der Waals surface area contributed by atoms with E-state index in [4.69, 9.17) is 5.73 Å². The Labute approximate surface area is 96.6 Å². The number of hydrogen-bond acceptors (Lipinski definition) is 1. The fourth-order valence-corrected chi connectivity index (χ4v) is 1.58. The van der Waals surface area contributed by atoms with Gasteiger partial charge in [-0.25, -0.2) is 8.78 Å². The summed E-state index contributed by atoms with van der Waals surface area (Å²) in [4.78, 5) is 0. The van der Waals surface area contributed by atoms with Gasteiger partial charge in [0.25, 0.3) is 0 Å². The molecule has 90 valence electrons. The van der Waals surface area contributed by atoms with Crippen LogP contribution in [0.15, 0.2) is 16.6 Å². The molecule has 0 aliphatic carbocycles. The molecule has 0 amide bonds. The van der Waals surface area contributed by atoms with Gasteiger partial charge in [0.2, 0.25) is 0 Å². The molecule has 1 aromatic rings. The summed E-state index contributed by atoms with van der Waals surface area (Å²) in [6.07, 6.45) is -6.04. The Morgan fingerprint density at radius 1 is 1.25 bits per heavy atom. The van der Waals surface area contributed by atoms with Gasteiger partial charge in [-0.1, -0.05) is 0 Å². The van der Waals surface area contributed by atoms with E-state index in [2.05, 4.69) is 15.9 Å². The third-order valence-electron chi connectivity index (χ3n) is 1.90. The summed E-state index contributed by atoms with van der Waals surface area (Å²) < 4.78 is 62.4. The minimum absolute atomic E-state index is 0.124. The molecule has 0 bridgehead atoms. The number of alkyl halides is 3. The highest BCUT2D eigenvalue weighted by Crippen LogP contribution is 2.32. The van der Waals surface area contributed by atoms with Crippen molar-refractivity contribution < 1.29 is 22.0 Å². The molecule has 0 fully saturated rings. The first-order valence-electron chi connectivity index (χ1n) is 4.18. The van der Waals surface area contributed by atoms with Crippen LogP contribution in [0.3, 0.4) is 0 Å². The highest BCUT2D eigenvalue weighted by molar-refractivity contribution is 9.10. The Morgan fingerprint density at radius 3 is 2.31 bits per heavy atom. The highest BCUT2D eigenvalue weighted by atomic mass is 79.9. The van der Waals surface area contributed by atoms with Gasteiger partial charge in [-0.15, -0.1) is 0 Å². The first kappa shape index (κ1) is 13.4. The summed E-state index contributed by atoms with van der Waals surface area (Å²) in [6, 6.07) is 0.172. The number of nitrogens with two attached hydrogens (primary N) is 1. The van der Waals surface area contributed by atoms with Crippen molar-refractivity contribution >= 4 is 15.9 Å². The Balaban J connectivity index is 3.08. The number of rotatable bonds is 2. The Hall–Kier alpha value is -0.690. The maximum Gasteiger partial charge on any atom is 0.390 e.